The lowest BCUT2D eigenvalue weighted by molar-refractivity contribution is 0.0623. The van der Waals surface area contributed by atoms with Gasteiger partial charge < -0.3 is 10.6 Å². The number of rotatable bonds is 2. The lowest BCUT2D eigenvalue weighted by atomic mass is 10.0. The SMILES string of the molecule is Cl.NCC1CCCCN1C(=O)c1ccc(Br)c(F)c1. The van der Waals surface area contributed by atoms with Crippen LogP contribution in [0.15, 0.2) is 22.7 Å². The summed E-state index contributed by atoms with van der Waals surface area (Å²) in [5.41, 5.74) is 6.07. The molecular formula is C13H17BrClFN2O. The first-order chi connectivity index (χ1) is 8.63. The van der Waals surface area contributed by atoms with Gasteiger partial charge in [-0.05, 0) is 53.4 Å². The quantitative estimate of drug-likeness (QED) is 0.890. The van der Waals surface area contributed by atoms with E-state index in [-0.39, 0.29) is 24.4 Å². The summed E-state index contributed by atoms with van der Waals surface area (Å²) in [6.45, 7) is 1.17. The Labute approximate surface area is 126 Å². The van der Waals surface area contributed by atoms with E-state index in [0.29, 0.717) is 23.1 Å². The second-order valence-electron chi connectivity index (χ2n) is 4.51. The number of hydrogen-bond acceptors (Lipinski definition) is 2. The van der Waals surface area contributed by atoms with Gasteiger partial charge in [-0.2, -0.15) is 0 Å². The number of halogens is 3. The number of piperidine rings is 1. The molecule has 1 unspecified atom stereocenters. The molecule has 0 saturated carbocycles. The van der Waals surface area contributed by atoms with Gasteiger partial charge in [0.25, 0.3) is 5.91 Å². The highest BCUT2D eigenvalue weighted by molar-refractivity contribution is 9.10. The first-order valence-electron chi connectivity index (χ1n) is 6.09. The van der Waals surface area contributed by atoms with E-state index in [9.17, 15) is 9.18 Å². The van der Waals surface area contributed by atoms with Gasteiger partial charge in [0.2, 0.25) is 0 Å². The summed E-state index contributed by atoms with van der Waals surface area (Å²) < 4.78 is 13.8. The van der Waals surface area contributed by atoms with E-state index in [2.05, 4.69) is 15.9 Å². The Balaban J connectivity index is 0.00000180. The summed E-state index contributed by atoms with van der Waals surface area (Å²) in [4.78, 5) is 14.1. The van der Waals surface area contributed by atoms with Gasteiger partial charge in [-0.1, -0.05) is 0 Å². The van der Waals surface area contributed by atoms with Crippen molar-refractivity contribution in [3.63, 3.8) is 0 Å². The summed E-state index contributed by atoms with van der Waals surface area (Å²) in [6.07, 6.45) is 3.02. The molecule has 1 atom stereocenters. The van der Waals surface area contributed by atoms with Crippen molar-refractivity contribution in [1.29, 1.82) is 0 Å². The highest BCUT2D eigenvalue weighted by Crippen LogP contribution is 2.21. The third-order valence-corrected chi connectivity index (χ3v) is 3.97. The lowest BCUT2D eigenvalue weighted by Gasteiger charge is -2.35. The molecule has 0 spiro atoms. The Morgan fingerprint density at radius 3 is 2.84 bits per heavy atom. The average Bonchev–Trinajstić information content (AvgIpc) is 2.41. The van der Waals surface area contributed by atoms with Crippen molar-refractivity contribution >= 4 is 34.2 Å². The predicted molar refractivity (Wildman–Crippen MR) is 79.1 cm³/mol. The van der Waals surface area contributed by atoms with Gasteiger partial charge in [-0.3, -0.25) is 4.79 Å². The van der Waals surface area contributed by atoms with Crippen molar-refractivity contribution in [1.82, 2.24) is 4.90 Å². The van der Waals surface area contributed by atoms with Crippen LogP contribution in [-0.4, -0.2) is 29.9 Å². The minimum Gasteiger partial charge on any atom is -0.334 e. The summed E-state index contributed by atoms with van der Waals surface area (Å²) in [7, 11) is 0. The highest BCUT2D eigenvalue weighted by Gasteiger charge is 2.26. The summed E-state index contributed by atoms with van der Waals surface area (Å²) >= 11 is 3.08. The van der Waals surface area contributed by atoms with Crippen LogP contribution in [0, 0.1) is 5.82 Å². The third-order valence-electron chi connectivity index (χ3n) is 3.33. The molecule has 0 radical (unpaired) electrons. The second kappa shape index (κ2) is 7.22. The first kappa shape index (κ1) is 16.4. The Bertz CT molecular complexity index is 458. The normalized spacial score (nSPS) is 18.9. The van der Waals surface area contributed by atoms with Gasteiger partial charge in [0.15, 0.2) is 0 Å². The molecule has 2 rings (SSSR count). The van der Waals surface area contributed by atoms with Crippen molar-refractivity contribution in [2.75, 3.05) is 13.1 Å². The number of nitrogens with zero attached hydrogens (tertiary/aromatic N) is 1. The van der Waals surface area contributed by atoms with Crippen molar-refractivity contribution in [3.05, 3.63) is 34.1 Å². The van der Waals surface area contributed by atoms with E-state index in [4.69, 9.17) is 5.73 Å². The molecule has 1 aromatic carbocycles. The van der Waals surface area contributed by atoms with Crippen molar-refractivity contribution in [2.24, 2.45) is 5.73 Å². The molecule has 19 heavy (non-hydrogen) atoms. The van der Waals surface area contributed by atoms with Gasteiger partial charge in [0.05, 0.1) is 4.47 Å². The maximum absolute atomic E-state index is 13.4. The zero-order valence-corrected chi connectivity index (χ0v) is 12.8. The van der Waals surface area contributed by atoms with Crippen LogP contribution in [0.5, 0.6) is 0 Å². The summed E-state index contributed by atoms with van der Waals surface area (Å²) in [5, 5.41) is 0. The molecule has 3 nitrogen and oxygen atoms in total. The summed E-state index contributed by atoms with van der Waals surface area (Å²) in [6, 6.07) is 4.55. The minimum absolute atomic E-state index is 0. The maximum atomic E-state index is 13.4. The van der Waals surface area contributed by atoms with Crippen LogP contribution in [0.1, 0.15) is 29.6 Å². The molecule has 1 aliphatic heterocycles. The van der Waals surface area contributed by atoms with Gasteiger partial charge >= 0.3 is 0 Å². The number of nitrogens with two attached hydrogens (primary N) is 1. The Morgan fingerprint density at radius 1 is 1.47 bits per heavy atom. The van der Waals surface area contributed by atoms with E-state index in [0.717, 1.165) is 19.3 Å². The predicted octanol–water partition coefficient (Wildman–Crippen LogP) is 2.96. The van der Waals surface area contributed by atoms with Crippen LogP contribution >= 0.6 is 28.3 Å². The number of carbonyl (C=O) groups excluding carboxylic acids is 1. The smallest absolute Gasteiger partial charge is 0.254 e. The van der Waals surface area contributed by atoms with Crippen LogP contribution in [0.3, 0.4) is 0 Å². The molecule has 0 aliphatic carbocycles. The van der Waals surface area contributed by atoms with Crippen LogP contribution in [0.4, 0.5) is 4.39 Å². The molecule has 1 amide bonds. The lowest BCUT2D eigenvalue weighted by Crippen LogP contribution is -2.47. The third kappa shape index (κ3) is 3.68. The topological polar surface area (TPSA) is 46.3 Å². The van der Waals surface area contributed by atoms with Crippen molar-refractivity contribution in [2.45, 2.75) is 25.3 Å². The van der Waals surface area contributed by atoms with Gasteiger partial charge in [-0.25, -0.2) is 4.39 Å². The van der Waals surface area contributed by atoms with Crippen LogP contribution < -0.4 is 5.73 Å². The highest BCUT2D eigenvalue weighted by atomic mass is 79.9. The Morgan fingerprint density at radius 2 is 2.21 bits per heavy atom. The molecule has 1 heterocycles. The molecule has 0 bridgehead atoms. The zero-order valence-electron chi connectivity index (χ0n) is 10.4. The zero-order chi connectivity index (χ0) is 13.1. The van der Waals surface area contributed by atoms with Gasteiger partial charge in [0, 0.05) is 24.7 Å². The largest absolute Gasteiger partial charge is 0.334 e. The average molecular weight is 352 g/mol. The van der Waals surface area contributed by atoms with Crippen LogP contribution in [-0.2, 0) is 0 Å². The second-order valence-corrected chi connectivity index (χ2v) is 5.37. The number of carbonyl (C=O) groups is 1. The molecule has 1 aromatic rings. The molecule has 106 valence electrons. The van der Waals surface area contributed by atoms with Crippen LogP contribution in [0.25, 0.3) is 0 Å². The standard InChI is InChI=1S/C13H16BrFN2O.ClH/c14-11-5-4-9(7-12(11)15)13(18)17-6-2-1-3-10(17)8-16;/h4-5,7,10H,1-3,6,8,16H2;1H. The van der Waals surface area contributed by atoms with Crippen molar-refractivity contribution in [3.8, 4) is 0 Å². The monoisotopic (exact) mass is 350 g/mol. The van der Waals surface area contributed by atoms with Gasteiger partial charge in [0.1, 0.15) is 5.82 Å². The molecular weight excluding hydrogens is 335 g/mol. The first-order valence-corrected chi connectivity index (χ1v) is 6.89. The van der Waals surface area contributed by atoms with Crippen LogP contribution in [0.2, 0.25) is 0 Å². The van der Waals surface area contributed by atoms with E-state index in [1.807, 2.05) is 0 Å². The van der Waals surface area contributed by atoms with Gasteiger partial charge in [-0.15, -0.1) is 12.4 Å². The fourth-order valence-electron chi connectivity index (χ4n) is 2.31. The number of benzene rings is 1. The minimum atomic E-state index is -0.415. The number of likely N-dealkylation sites (tertiary alicyclic amines) is 1. The number of hydrogen-bond donors (Lipinski definition) is 1. The Hall–Kier alpha value is -0.650. The summed E-state index contributed by atoms with van der Waals surface area (Å²) in [5.74, 6) is -0.543. The van der Waals surface area contributed by atoms with E-state index >= 15 is 0 Å². The molecule has 1 aliphatic rings. The fraction of sp³-hybridized carbons (Fsp3) is 0.462. The van der Waals surface area contributed by atoms with E-state index in [1.54, 1.807) is 17.0 Å². The fourth-order valence-corrected chi connectivity index (χ4v) is 2.55. The van der Waals surface area contributed by atoms with E-state index < -0.39 is 5.82 Å². The maximum Gasteiger partial charge on any atom is 0.254 e. The molecule has 0 aromatic heterocycles. The molecule has 6 heteroatoms. The molecule has 1 saturated heterocycles. The Kier molecular flexibility index (Phi) is 6.23. The molecule has 2 N–H and O–H groups in total. The van der Waals surface area contributed by atoms with Crippen molar-refractivity contribution < 1.29 is 9.18 Å². The number of amides is 1. The molecule has 1 fully saturated rings. The van der Waals surface area contributed by atoms with E-state index in [1.165, 1.54) is 6.07 Å².